The fourth-order valence-electron chi connectivity index (χ4n) is 1.68. The van der Waals surface area contributed by atoms with Crippen molar-refractivity contribution in [2.45, 2.75) is 15.5 Å². The number of halogens is 3. The van der Waals surface area contributed by atoms with Gasteiger partial charge in [0, 0.05) is 12.3 Å². The predicted octanol–water partition coefficient (Wildman–Crippen LogP) is 1.90. The fourth-order valence-corrected chi connectivity index (χ4v) is 4.24. The molecule has 1 aliphatic rings. The minimum absolute atomic E-state index is 0.185. The van der Waals surface area contributed by atoms with E-state index >= 15 is 0 Å². The third-order valence-corrected chi connectivity index (χ3v) is 6.49. The zero-order chi connectivity index (χ0) is 16.5. The molecule has 0 aliphatic carbocycles. The number of hydrogen-bond acceptors (Lipinski definition) is 7. The second-order valence-corrected chi connectivity index (χ2v) is 9.38. The molecule has 0 saturated heterocycles. The summed E-state index contributed by atoms with van der Waals surface area (Å²) in [5.74, 6) is -0.266. The normalized spacial score (nSPS) is 22.4. The molecule has 2 atom stereocenters. The molecule has 3 N–H and O–H groups in total. The van der Waals surface area contributed by atoms with Crippen LogP contribution < -0.4 is 11.2 Å². The van der Waals surface area contributed by atoms with Gasteiger partial charge in [-0.25, -0.2) is 4.79 Å². The number of nitrogens with one attached hydrogen (secondary N) is 1. The molecule has 0 bridgehead atoms. The molecular weight excluding hydrogens is 399 g/mol. The molecule has 0 spiro atoms. The number of rotatable bonds is 4. The zero-order valence-electron chi connectivity index (χ0n) is 10.5. The Kier molecular flexibility index (Phi) is 5.81. The van der Waals surface area contributed by atoms with Gasteiger partial charge in [-0.3, -0.25) is 14.3 Å². The van der Waals surface area contributed by atoms with E-state index in [2.05, 4.69) is 4.98 Å². The van der Waals surface area contributed by atoms with Gasteiger partial charge in [0.05, 0.1) is 11.5 Å². The molecule has 12 heteroatoms. The summed E-state index contributed by atoms with van der Waals surface area (Å²) in [6, 6.07) is 1.12. The van der Waals surface area contributed by atoms with Crippen LogP contribution in [-0.4, -0.2) is 35.6 Å². The Morgan fingerprint density at radius 2 is 2.09 bits per heavy atom. The summed E-state index contributed by atoms with van der Waals surface area (Å²) in [5, 5.41) is 19.3. The standard InChI is InChI=1S/C10H9Cl3N2O5S2/c11-10(12,13)22-21-7-6(18)4(3-16)20-8(7)15-2-1-5(17)14-9(15)19/h1-2,4,8,16,18H,3H2,(H,14,17,19)/t4-,8-/m1/s1. The summed E-state index contributed by atoms with van der Waals surface area (Å²) in [5.41, 5.74) is -1.31. The lowest BCUT2D eigenvalue weighted by Gasteiger charge is -2.18. The molecule has 0 amide bonds. The first-order valence-corrected chi connectivity index (χ1v) is 8.94. The summed E-state index contributed by atoms with van der Waals surface area (Å²) >= 11 is 16.9. The van der Waals surface area contributed by atoms with E-state index in [1.165, 1.54) is 6.20 Å². The van der Waals surface area contributed by atoms with Crippen LogP contribution in [-0.2, 0) is 4.74 Å². The van der Waals surface area contributed by atoms with Crippen LogP contribution in [0.3, 0.4) is 0 Å². The van der Waals surface area contributed by atoms with Crippen LogP contribution in [0, 0.1) is 0 Å². The van der Waals surface area contributed by atoms with Crippen LogP contribution in [0.5, 0.6) is 0 Å². The van der Waals surface area contributed by atoms with Gasteiger partial charge in [0.15, 0.2) is 6.23 Å². The van der Waals surface area contributed by atoms with E-state index in [4.69, 9.17) is 39.5 Å². The van der Waals surface area contributed by atoms with Gasteiger partial charge in [-0.05, 0) is 21.6 Å². The van der Waals surface area contributed by atoms with Crippen molar-refractivity contribution < 1.29 is 14.9 Å². The summed E-state index contributed by atoms with van der Waals surface area (Å²) < 4.78 is 4.80. The van der Waals surface area contributed by atoms with Gasteiger partial charge in [0.25, 0.3) is 5.56 Å². The van der Waals surface area contributed by atoms with E-state index in [9.17, 15) is 19.8 Å². The quantitative estimate of drug-likeness (QED) is 0.517. The van der Waals surface area contributed by atoms with Gasteiger partial charge >= 0.3 is 5.69 Å². The van der Waals surface area contributed by atoms with Crippen molar-refractivity contribution in [3.8, 4) is 0 Å². The molecule has 1 aromatic rings. The monoisotopic (exact) mass is 406 g/mol. The number of H-pyrrole nitrogens is 1. The zero-order valence-corrected chi connectivity index (χ0v) is 14.4. The Bertz CT molecular complexity index is 699. The largest absolute Gasteiger partial charge is 0.508 e. The maximum atomic E-state index is 11.8. The van der Waals surface area contributed by atoms with Crippen molar-refractivity contribution in [3.63, 3.8) is 0 Å². The number of aliphatic hydroxyl groups excluding tert-OH is 2. The van der Waals surface area contributed by atoms with Crippen molar-refractivity contribution >= 4 is 56.4 Å². The van der Waals surface area contributed by atoms with Crippen LogP contribution in [0.1, 0.15) is 6.23 Å². The van der Waals surface area contributed by atoms with E-state index in [0.717, 1.165) is 32.2 Å². The van der Waals surface area contributed by atoms with Crippen molar-refractivity contribution in [2.75, 3.05) is 6.61 Å². The van der Waals surface area contributed by atoms with Gasteiger partial charge in [-0.2, -0.15) is 0 Å². The maximum Gasteiger partial charge on any atom is 0.330 e. The fraction of sp³-hybridized carbons (Fsp3) is 0.400. The van der Waals surface area contributed by atoms with Gasteiger partial charge in [0.1, 0.15) is 11.9 Å². The molecule has 1 aromatic heterocycles. The Hall–Kier alpha value is -0.290. The van der Waals surface area contributed by atoms with Crippen molar-refractivity contribution in [3.05, 3.63) is 43.8 Å². The van der Waals surface area contributed by atoms with Crippen LogP contribution in [0.4, 0.5) is 0 Å². The van der Waals surface area contributed by atoms with Crippen molar-refractivity contribution in [2.24, 2.45) is 0 Å². The molecule has 7 nitrogen and oxygen atoms in total. The first-order chi connectivity index (χ1) is 10.2. The average molecular weight is 408 g/mol. The van der Waals surface area contributed by atoms with Crippen LogP contribution in [0.2, 0.25) is 0 Å². The number of alkyl halides is 3. The van der Waals surface area contributed by atoms with Crippen LogP contribution in [0.25, 0.3) is 0 Å². The molecular formula is C10H9Cl3N2O5S2. The second-order valence-electron chi connectivity index (χ2n) is 4.04. The minimum Gasteiger partial charge on any atom is -0.508 e. The number of nitrogens with zero attached hydrogens (tertiary/aromatic N) is 1. The Labute approximate surface area is 146 Å². The number of aromatic amines is 1. The molecule has 1 aliphatic heterocycles. The molecule has 122 valence electrons. The van der Waals surface area contributed by atoms with Crippen molar-refractivity contribution in [1.29, 1.82) is 0 Å². The number of ether oxygens (including phenoxy) is 1. The number of aromatic nitrogens is 2. The van der Waals surface area contributed by atoms with Crippen LogP contribution in [0.15, 0.2) is 32.5 Å². The highest BCUT2D eigenvalue weighted by Crippen LogP contribution is 2.53. The van der Waals surface area contributed by atoms with E-state index in [1.807, 2.05) is 0 Å². The summed E-state index contributed by atoms with van der Waals surface area (Å²) in [6.45, 7) is -0.497. The lowest BCUT2D eigenvalue weighted by Crippen LogP contribution is -2.32. The highest BCUT2D eigenvalue weighted by molar-refractivity contribution is 8.79. The topological polar surface area (TPSA) is 105 Å². The highest BCUT2D eigenvalue weighted by atomic mass is 35.6. The Balaban J connectivity index is 2.37. The SMILES string of the molecule is O=c1ccn([C@@H]2O[C@H](CO)C(O)=C2SSC(Cl)(Cl)Cl)c(=O)[nH]1. The first kappa shape index (κ1) is 18.1. The average Bonchev–Trinajstić information content (AvgIpc) is 2.72. The van der Waals surface area contributed by atoms with E-state index in [-0.39, 0.29) is 10.7 Å². The molecule has 2 rings (SSSR count). The Morgan fingerprint density at radius 3 is 2.64 bits per heavy atom. The summed E-state index contributed by atoms with van der Waals surface area (Å²) in [6.07, 6.45) is -0.854. The van der Waals surface area contributed by atoms with Gasteiger partial charge < -0.3 is 14.9 Å². The molecule has 0 saturated carbocycles. The third kappa shape index (κ3) is 4.16. The van der Waals surface area contributed by atoms with E-state index in [0.29, 0.717) is 0 Å². The summed E-state index contributed by atoms with van der Waals surface area (Å²) in [7, 11) is 1.70. The van der Waals surface area contributed by atoms with E-state index in [1.54, 1.807) is 0 Å². The van der Waals surface area contributed by atoms with E-state index < -0.39 is 33.3 Å². The lowest BCUT2D eigenvalue weighted by molar-refractivity contribution is -0.0258. The summed E-state index contributed by atoms with van der Waals surface area (Å²) in [4.78, 5) is 25.2. The third-order valence-electron chi connectivity index (χ3n) is 2.57. The number of aliphatic hydroxyl groups is 2. The maximum absolute atomic E-state index is 11.8. The van der Waals surface area contributed by atoms with Gasteiger partial charge in [-0.15, -0.1) is 0 Å². The molecule has 0 aromatic carbocycles. The highest BCUT2D eigenvalue weighted by Gasteiger charge is 2.38. The molecule has 2 heterocycles. The smallest absolute Gasteiger partial charge is 0.330 e. The molecule has 0 fully saturated rings. The van der Waals surface area contributed by atoms with Crippen LogP contribution >= 0.6 is 56.4 Å². The molecule has 0 unspecified atom stereocenters. The lowest BCUT2D eigenvalue weighted by atomic mass is 10.3. The van der Waals surface area contributed by atoms with Gasteiger partial charge in [-0.1, -0.05) is 34.8 Å². The molecule has 0 radical (unpaired) electrons. The first-order valence-electron chi connectivity index (χ1n) is 5.66. The second kappa shape index (κ2) is 7.08. The molecule has 22 heavy (non-hydrogen) atoms. The predicted molar refractivity (Wildman–Crippen MR) is 87.4 cm³/mol. The Morgan fingerprint density at radius 1 is 1.41 bits per heavy atom. The minimum atomic E-state index is -1.66. The van der Waals surface area contributed by atoms with Crippen molar-refractivity contribution in [1.82, 2.24) is 9.55 Å². The number of hydrogen-bond donors (Lipinski definition) is 3. The van der Waals surface area contributed by atoms with Gasteiger partial charge in [0.2, 0.25) is 3.12 Å².